The van der Waals surface area contributed by atoms with Crippen molar-refractivity contribution in [2.24, 2.45) is 11.1 Å². The molecule has 1 aromatic heterocycles. The Kier molecular flexibility index (Phi) is 5.40. The zero-order valence-corrected chi connectivity index (χ0v) is 16.1. The van der Waals surface area contributed by atoms with Gasteiger partial charge >= 0.3 is 0 Å². The van der Waals surface area contributed by atoms with Crippen molar-refractivity contribution in [2.75, 3.05) is 5.94 Å². The van der Waals surface area contributed by atoms with E-state index in [0.29, 0.717) is 11.6 Å². The van der Waals surface area contributed by atoms with Crippen molar-refractivity contribution < 1.29 is 13.2 Å². The Balaban J connectivity index is 1.80. The predicted molar refractivity (Wildman–Crippen MR) is 104 cm³/mol. The molecule has 3 rings (SSSR count). The number of aryl methyl sites for hydroxylation is 1. The van der Waals surface area contributed by atoms with Crippen LogP contribution in [-0.2, 0) is 10.0 Å². The van der Waals surface area contributed by atoms with Crippen LogP contribution in [0.25, 0.3) is 0 Å². The van der Waals surface area contributed by atoms with Crippen LogP contribution in [0.2, 0.25) is 0 Å². The van der Waals surface area contributed by atoms with Crippen LogP contribution in [0, 0.1) is 24.7 Å². The highest BCUT2D eigenvalue weighted by Gasteiger charge is 2.18. The topological polar surface area (TPSA) is 91.4 Å². The number of hydrogen-bond acceptors (Lipinski definition) is 4. The van der Waals surface area contributed by atoms with E-state index in [1.807, 2.05) is 31.2 Å². The summed E-state index contributed by atoms with van der Waals surface area (Å²) in [5.74, 6) is 6.47. The number of sulfonamides is 1. The van der Waals surface area contributed by atoms with Gasteiger partial charge < -0.3 is 9.30 Å². The van der Waals surface area contributed by atoms with Crippen molar-refractivity contribution >= 4 is 10.0 Å². The molecule has 1 atom stereocenters. The average Bonchev–Trinajstić information content (AvgIpc) is 3.42. The van der Waals surface area contributed by atoms with Gasteiger partial charge in [0.1, 0.15) is 5.75 Å². The summed E-state index contributed by atoms with van der Waals surface area (Å²) in [6, 6.07) is 10.6. The first-order valence-electron chi connectivity index (χ1n) is 8.71. The maximum absolute atomic E-state index is 12.5. The van der Waals surface area contributed by atoms with Gasteiger partial charge in [-0.25, -0.2) is 13.6 Å². The van der Waals surface area contributed by atoms with Crippen LogP contribution in [0.1, 0.15) is 42.6 Å². The number of nitrogens with two attached hydrogens (primary N) is 1. The van der Waals surface area contributed by atoms with Crippen LogP contribution in [0.3, 0.4) is 0 Å². The lowest BCUT2D eigenvalue weighted by atomic mass is 10.1. The molecule has 1 fully saturated rings. The van der Waals surface area contributed by atoms with Gasteiger partial charge in [0.15, 0.2) is 0 Å². The van der Waals surface area contributed by atoms with Gasteiger partial charge in [-0.1, -0.05) is 24.0 Å². The molecule has 1 saturated carbocycles. The molecule has 6 nitrogen and oxygen atoms in total. The summed E-state index contributed by atoms with van der Waals surface area (Å²) in [6.07, 6.45) is 2.39. The van der Waals surface area contributed by atoms with Crippen molar-refractivity contribution in [1.82, 2.24) is 4.57 Å². The lowest BCUT2D eigenvalue weighted by Crippen LogP contribution is -2.26. The molecule has 2 aromatic rings. The fourth-order valence-corrected chi connectivity index (χ4v) is 3.12. The highest BCUT2D eigenvalue weighted by Crippen LogP contribution is 2.27. The zero-order valence-electron chi connectivity index (χ0n) is 15.3. The summed E-state index contributed by atoms with van der Waals surface area (Å²) in [5.41, 5.74) is 2.34. The number of rotatable bonds is 5. The minimum atomic E-state index is -3.77. The number of ether oxygens (including phenoxy) is 1. The maximum Gasteiger partial charge on any atom is 0.254 e. The molecule has 1 aromatic carbocycles. The zero-order chi connectivity index (χ0) is 19.6. The molecule has 1 heterocycles. The number of primary sulfonamides is 1. The number of benzene rings is 1. The highest BCUT2D eigenvalue weighted by molar-refractivity contribution is 7.88. The summed E-state index contributed by atoms with van der Waals surface area (Å²) in [4.78, 5) is 12.5. The minimum Gasteiger partial charge on any atom is -0.476 e. The minimum absolute atomic E-state index is 0.181. The second-order valence-corrected chi connectivity index (χ2v) is 8.37. The SMILES string of the molecule is Cc1cc(OCS(N)(=O)=O)cc(=O)n1[C@H](C)c1ccc(C#CC2CC2)cc1. The Morgan fingerprint density at radius 2 is 1.93 bits per heavy atom. The fourth-order valence-electron chi connectivity index (χ4n) is 2.82. The Morgan fingerprint density at radius 1 is 1.26 bits per heavy atom. The van der Waals surface area contributed by atoms with E-state index >= 15 is 0 Å². The van der Waals surface area contributed by atoms with E-state index in [1.165, 1.54) is 18.9 Å². The molecular formula is C20H22N2O4S. The van der Waals surface area contributed by atoms with Gasteiger partial charge in [0.05, 0.1) is 6.04 Å². The van der Waals surface area contributed by atoms with E-state index in [4.69, 9.17) is 9.88 Å². The Labute approximate surface area is 159 Å². The summed E-state index contributed by atoms with van der Waals surface area (Å²) >= 11 is 0. The van der Waals surface area contributed by atoms with Crippen molar-refractivity contribution in [3.8, 4) is 17.6 Å². The van der Waals surface area contributed by atoms with Crippen molar-refractivity contribution in [3.63, 3.8) is 0 Å². The van der Waals surface area contributed by atoms with Gasteiger partial charge in [0.2, 0.25) is 16.0 Å². The molecule has 1 aliphatic rings. The summed E-state index contributed by atoms with van der Waals surface area (Å²) in [6.45, 7) is 3.71. The van der Waals surface area contributed by atoms with E-state index < -0.39 is 16.0 Å². The average molecular weight is 386 g/mol. The lowest BCUT2D eigenvalue weighted by molar-refractivity contribution is 0.373. The molecule has 0 aliphatic heterocycles. The van der Waals surface area contributed by atoms with Crippen LogP contribution >= 0.6 is 0 Å². The normalized spacial score (nSPS) is 14.9. The third kappa shape index (κ3) is 5.22. The molecule has 0 bridgehead atoms. The molecule has 2 N–H and O–H groups in total. The Morgan fingerprint density at radius 3 is 2.48 bits per heavy atom. The third-order valence-electron chi connectivity index (χ3n) is 4.40. The molecule has 142 valence electrons. The van der Waals surface area contributed by atoms with Gasteiger partial charge in [0.25, 0.3) is 5.56 Å². The van der Waals surface area contributed by atoms with E-state index in [0.717, 1.165) is 11.1 Å². The predicted octanol–water partition coefficient (Wildman–Crippen LogP) is 2.15. The smallest absolute Gasteiger partial charge is 0.254 e. The molecule has 0 radical (unpaired) electrons. The highest BCUT2D eigenvalue weighted by atomic mass is 32.2. The molecule has 0 unspecified atom stereocenters. The number of aromatic nitrogens is 1. The van der Waals surface area contributed by atoms with E-state index in [-0.39, 0.29) is 17.4 Å². The van der Waals surface area contributed by atoms with Gasteiger partial charge in [-0.15, -0.1) is 0 Å². The summed E-state index contributed by atoms with van der Waals surface area (Å²) in [7, 11) is -3.77. The first-order valence-corrected chi connectivity index (χ1v) is 10.4. The largest absolute Gasteiger partial charge is 0.476 e. The summed E-state index contributed by atoms with van der Waals surface area (Å²) < 4.78 is 28.7. The second kappa shape index (κ2) is 7.59. The molecule has 0 saturated heterocycles. The van der Waals surface area contributed by atoms with E-state index in [1.54, 1.807) is 17.6 Å². The second-order valence-electron chi connectivity index (χ2n) is 6.81. The maximum atomic E-state index is 12.5. The van der Waals surface area contributed by atoms with Gasteiger partial charge in [-0.05, 0) is 50.5 Å². The summed E-state index contributed by atoms with van der Waals surface area (Å²) in [5, 5.41) is 4.92. The third-order valence-corrected chi connectivity index (χ3v) is 4.85. The number of nitrogens with zero attached hydrogens (tertiary/aromatic N) is 1. The number of pyridine rings is 1. The van der Waals surface area contributed by atoms with Crippen LogP contribution in [0.4, 0.5) is 0 Å². The molecule has 1 aliphatic carbocycles. The van der Waals surface area contributed by atoms with Crippen LogP contribution in [-0.4, -0.2) is 18.9 Å². The molecule has 0 spiro atoms. The standard InChI is InChI=1S/C20H22N2O4S/c1-14-11-19(26-13-27(21,24)25)12-20(23)22(14)15(2)18-9-7-17(8-10-18)6-5-16-3-4-16/h7-12,15-16H,3-4,13H2,1-2H3,(H2,21,24,25)/t15-/m1/s1. The first-order chi connectivity index (χ1) is 12.7. The van der Waals surface area contributed by atoms with Gasteiger partial charge in [-0.2, -0.15) is 0 Å². The van der Waals surface area contributed by atoms with Gasteiger partial charge in [-0.3, -0.25) is 4.79 Å². The Hall–Kier alpha value is -2.56. The van der Waals surface area contributed by atoms with Crippen LogP contribution in [0.5, 0.6) is 5.75 Å². The monoisotopic (exact) mass is 386 g/mol. The van der Waals surface area contributed by atoms with Gasteiger partial charge in [0, 0.05) is 23.2 Å². The quantitative estimate of drug-likeness (QED) is 0.797. The fraction of sp³-hybridized carbons (Fsp3) is 0.350. The number of hydrogen-bond donors (Lipinski definition) is 1. The lowest BCUT2D eigenvalue weighted by Gasteiger charge is -2.19. The molecule has 27 heavy (non-hydrogen) atoms. The van der Waals surface area contributed by atoms with Crippen LogP contribution < -0.4 is 15.4 Å². The molecule has 0 amide bonds. The Bertz CT molecular complexity index is 1060. The van der Waals surface area contributed by atoms with E-state index in [2.05, 4.69) is 11.8 Å². The van der Waals surface area contributed by atoms with Crippen LogP contribution in [0.15, 0.2) is 41.2 Å². The molecule has 7 heteroatoms. The first kappa shape index (κ1) is 19.2. The van der Waals surface area contributed by atoms with Crippen molar-refractivity contribution in [1.29, 1.82) is 0 Å². The van der Waals surface area contributed by atoms with E-state index in [9.17, 15) is 13.2 Å². The molecular weight excluding hydrogens is 364 g/mol. The van der Waals surface area contributed by atoms with Crippen molar-refractivity contribution in [3.05, 3.63) is 63.6 Å². The van der Waals surface area contributed by atoms with Crippen molar-refractivity contribution in [2.45, 2.75) is 32.7 Å².